The van der Waals surface area contributed by atoms with Gasteiger partial charge in [0, 0.05) is 6.92 Å². The van der Waals surface area contributed by atoms with Crippen LogP contribution >= 0.6 is 0 Å². The number of hydrogen-bond acceptors (Lipinski definition) is 2. The van der Waals surface area contributed by atoms with Crippen molar-refractivity contribution in [1.29, 1.82) is 0 Å². The number of carbonyl (C=O) groups is 1. The second-order valence-electron chi connectivity index (χ2n) is 6.09. The number of allylic oxidation sites excluding steroid dienone is 2. The lowest BCUT2D eigenvalue weighted by Crippen LogP contribution is -2.11. The van der Waals surface area contributed by atoms with Crippen LogP contribution in [-0.2, 0) is 9.53 Å². The molecule has 0 aliphatic rings. The molecule has 0 saturated carbocycles. The van der Waals surface area contributed by atoms with Crippen LogP contribution in [0.1, 0.15) is 97.8 Å². The van der Waals surface area contributed by atoms with Gasteiger partial charge < -0.3 is 4.74 Å². The summed E-state index contributed by atoms with van der Waals surface area (Å²) >= 11 is 0. The molecule has 0 unspecified atom stereocenters. The van der Waals surface area contributed by atoms with Crippen molar-refractivity contribution in [2.45, 2.75) is 104 Å². The highest BCUT2D eigenvalue weighted by Crippen LogP contribution is 2.10. The van der Waals surface area contributed by atoms with Gasteiger partial charge in [0.25, 0.3) is 0 Å². The molecule has 0 rings (SSSR count). The van der Waals surface area contributed by atoms with Gasteiger partial charge in [0.2, 0.25) is 0 Å². The quantitative estimate of drug-likeness (QED) is 0.217. The number of unbranched alkanes of at least 4 members (excludes halogenated alkanes) is 9. The summed E-state index contributed by atoms with van der Waals surface area (Å²) in [7, 11) is 0. The summed E-state index contributed by atoms with van der Waals surface area (Å²) in [4.78, 5) is 10.8. The average Bonchev–Trinajstić information content (AvgIpc) is 2.43. The van der Waals surface area contributed by atoms with Crippen molar-refractivity contribution >= 4 is 5.97 Å². The van der Waals surface area contributed by atoms with E-state index < -0.39 is 0 Å². The first-order chi connectivity index (χ1) is 10.2. The van der Waals surface area contributed by atoms with E-state index in [0.717, 1.165) is 12.8 Å². The lowest BCUT2D eigenvalue weighted by atomic mass is 10.1. The topological polar surface area (TPSA) is 26.3 Å². The SMILES string of the molecule is CCCCCCCC/C=C\CCCCC[C@H](C)OC(C)=O. The van der Waals surface area contributed by atoms with Gasteiger partial charge in [-0.3, -0.25) is 4.79 Å². The van der Waals surface area contributed by atoms with Crippen molar-refractivity contribution in [3.8, 4) is 0 Å². The third-order valence-corrected chi connectivity index (χ3v) is 3.74. The molecule has 0 heterocycles. The Hall–Kier alpha value is -0.790. The van der Waals surface area contributed by atoms with Gasteiger partial charge in [-0.25, -0.2) is 0 Å². The Morgan fingerprint density at radius 1 is 0.905 bits per heavy atom. The van der Waals surface area contributed by atoms with Crippen LogP contribution in [0.3, 0.4) is 0 Å². The molecule has 0 saturated heterocycles. The van der Waals surface area contributed by atoms with E-state index >= 15 is 0 Å². The molecule has 0 N–H and O–H groups in total. The largest absolute Gasteiger partial charge is 0.463 e. The molecule has 0 spiro atoms. The third-order valence-electron chi connectivity index (χ3n) is 3.74. The fourth-order valence-corrected chi connectivity index (χ4v) is 2.49. The molecule has 124 valence electrons. The normalized spacial score (nSPS) is 12.7. The minimum Gasteiger partial charge on any atom is -0.463 e. The highest BCUT2D eigenvalue weighted by atomic mass is 16.5. The predicted octanol–water partition coefficient (Wildman–Crippen LogP) is 6.20. The summed E-state index contributed by atoms with van der Waals surface area (Å²) in [6.07, 6.45) is 20.1. The molecule has 0 aliphatic carbocycles. The number of hydrogen-bond donors (Lipinski definition) is 0. The van der Waals surface area contributed by atoms with Crippen LogP contribution in [0.5, 0.6) is 0 Å². The summed E-state index contributed by atoms with van der Waals surface area (Å²) in [6.45, 7) is 5.71. The average molecular weight is 296 g/mol. The van der Waals surface area contributed by atoms with E-state index in [1.165, 1.54) is 71.1 Å². The molecule has 0 aromatic rings. The lowest BCUT2D eigenvalue weighted by molar-refractivity contribution is -0.145. The van der Waals surface area contributed by atoms with Crippen LogP contribution < -0.4 is 0 Å². The fraction of sp³-hybridized carbons (Fsp3) is 0.842. The second kappa shape index (κ2) is 15.6. The molecule has 2 nitrogen and oxygen atoms in total. The molecule has 0 aliphatic heterocycles. The molecule has 0 aromatic heterocycles. The molecular weight excluding hydrogens is 260 g/mol. The maximum atomic E-state index is 10.8. The van der Waals surface area contributed by atoms with Crippen LogP contribution in [0.2, 0.25) is 0 Å². The van der Waals surface area contributed by atoms with E-state index in [9.17, 15) is 4.79 Å². The summed E-state index contributed by atoms with van der Waals surface area (Å²) < 4.78 is 5.10. The molecule has 0 aromatic carbocycles. The Balaban J connectivity index is 3.20. The zero-order chi connectivity index (χ0) is 15.8. The van der Waals surface area contributed by atoms with Crippen LogP contribution in [0, 0.1) is 0 Å². The van der Waals surface area contributed by atoms with E-state index in [0.29, 0.717) is 0 Å². The summed E-state index contributed by atoms with van der Waals surface area (Å²) in [5, 5.41) is 0. The van der Waals surface area contributed by atoms with Crippen molar-refractivity contribution in [3.05, 3.63) is 12.2 Å². The van der Waals surface area contributed by atoms with Crippen molar-refractivity contribution in [3.63, 3.8) is 0 Å². The monoisotopic (exact) mass is 296 g/mol. The van der Waals surface area contributed by atoms with Crippen LogP contribution in [0.15, 0.2) is 12.2 Å². The summed E-state index contributed by atoms with van der Waals surface area (Å²) in [6, 6.07) is 0. The maximum absolute atomic E-state index is 10.8. The Morgan fingerprint density at radius 2 is 1.43 bits per heavy atom. The van der Waals surface area contributed by atoms with Gasteiger partial charge in [0.1, 0.15) is 0 Å². The first-order valence-corrected chi connectivity index (χ1v) is 8.99. The van der Waals surface area contributed by atoms with E-state index in [4.69, 9.17) is 4.74 Å². The van der Waals surface area contributed by atoms with E-state index in [1.54, 1.807) is 0 Å². The van der Waals surface area contributed by atoms with E-state index in [-0.39, 0.29) is 12.1 Å². The molecule has 0 amide bonds. The number of rotatable bonds is 14. The minimum absolute atomic E-state index is 0.0748. The molecule has 0 fully saturated rings. The van der Waals surface area contributed by atoms with Crippen LogP contribution in [-0.4, -0.2) is 12.1 Å². The van der Waals surface area contributed by atoms with Crippen molar-refractivity contribution in [1.82, 2.24) is 0 Å². The fourth-order valence-electron chi connectivity index (χ4n) is 2.49. The van der Waals surface area contributed by atoms with Gasteiger partial charge in [-0.2, -0.15) is 0 Å². The minimum atomic E-state index is -0.167. The number of esters is 1. The van der Waals surface area contributed by atoms with Gasteiger partial charge in [-0.05, 0) is 45.4 Å². The summed E-state index contributed by atoms with van der Waals surface area (Å²) in [5.41, 5.74) is 0. The standard InChI is InChI=1S/C19H36O2/c1-4-5-6-7-8-9-10-11-12-13-14-15-16-17-18(2)21-19(3)20/h11-12,18H,4-10,13-17H2,1-3H3/b12-11-/t18-/m0/s1. The number of ether oxygens (including phenoxy) is 1. The molecule has 0 bridgehead atoms. The van der Waals surface area contributed by atoms with Gasteiger partial charge in [-0.15, -0.1) is 0 Å². The van der Waals surface area contributed by atoms with Crippen molar-refractivity contribution < 1.29 is 9.53 Å². The Morgan fingerprint density at radius 3 is 2.00 bits per heavy atom. The first kappa shape index (κ1) is 20.2. The highest BCUT2D eigenvalue weighted by Gasteiger charge is 2.03. The molecule has 2 heteroatoms. The van der Waals surface area contributed by atoms with E-state index in [2.05, 4.69) is 19.1 Å². The zero-order valence-electron chi connectivity index (χ0n) is 14.5. The number of carbonyl (C=O) groups excluding carboxylic acids is 1. The molecular formula is C19H36O2. The Kier molecular flexibility index (Phi) is 15.0. The van der Waals surface area contributed by atoms with Crippen molar-refractivity contribution in [2.75, 3.05) is 0 Å². The van der Waals surface area contributed by atoms with Gasteiger partial charge in [0.05, 0.1) is 6.10 Å². The van der Waals surface area contributed by atoms with Crippen LogP contribution in [0.25, 0.3) is 0 Å². The van der Waals surface area contributed by atoms with Gasteiger partial charge >= 0.3 is 5.97 Å². The molecule has 21 heavy (non-hydrogen) atoms. The highest BCUT2D eigenvalue weighted by molar-refractivity contribution is 5.66. The van der Waals surface area contributed by atoms with Gasteiger partial charge in [-0.1, -0.05) is 57.6 Å². The maximum Gasteiger partial charge on any atom is 0.302 e. The van der Waals surface area contributed by atoms with Crippen molar-refractivity contribution in [2.24, 2.45) is 0 Å². The summed E-state index contributed by atoms with van der Waals surface area (Å²) in [5.74, 6) is -0.167. The first-order valence-electron chi connectivity index (χ1n) is 8.99. The lowest BCUT2D eigenvalue weighted by Gasteiger charge is -2.10. The predicted molar refractivity (Wildman–Crippen MR) is 91.4 cm³/mol. The second-order valence-corrected chi connectivity index (χ2v) is 6.09. The van der Waals surface area contributed by atoms with E-state index in [1.807, 2.05) is 6.92 Å². The molecule has 1 atom stereocenters. The molecule has 0 radical (unpaired) electrons. The zero-order valence-corrected chi connectivity index (χ0v) is 14.5. The Labute approximate surface area is 132 Å². The van der Waals surface area contributed by atoms with Gasteiger partial charge in [0.15, 0.2) is 0 Å². The van der Waals surface area contributed by atoms with Crippen LogP contribution in [0.4, 0.5) is 0 Å². The smallest absolute Gasteiger partial charge is 0.302 e. The third kappa shape index (κ3) is 17.2. The Bertz CT molecular complexity index is 258.